The van der Waals surface area contributed by atoms with E-state index in [0.717, 1.165) is 44.3 Å². The monoisotopic (exact) mass is 428 g/mol. The third kappa shape index (κ3) is 3.77. The van der Waals surface area contributed by atoms with Crippen LogP contribution in [0.1, 0.15) is 40.1 Å². The quantitative estimate of drug-likeness (QED) is 0.765. The Labute approximate surface area is 178 Å². The minimum atomic E-state index is -0.764. The molecule has 30 heavy (non-hydrogen) atoms. The first kappa shape index (κ1) is 19.4. The molecule has 0 radical (unpaired) electrons. The summed E-state index contributed by atoms with van der Waals surface area (Å²) in [5.74, 6) is 0.724. The van der Waals surface area contributed by atoms with E-state index in [9.17, 15) is 9.59 Å². The number of benzene rings is 1. The molecule has 8 heteroatoms. The van der Waals surface area contributed by atoms with Crippen molar-refractivity contribution in [2.45, 2.75) is 44.3 Å². The predicted octanol–water partition coefficient (Wildman–Crippen LogP) is 2.92. The van der Waals surface area contributed by atoms with Crippen LogP contribution in [0.3, 0.4) is 0 Å². The lowest BCUT2D eigenvalue weighted by Gasteiger charge is -2.25. The van der Waals surface area contributed by atoms with E-state index in [0.29, 0.717) is 28.6 Å². The van der Waals surface area contributed by atoms with Crippen LogP contribution in [0.15, 0.2) is 24.3 Å². The number of nitrogens with one attached hydrogen (secondary N) is 2. The van der Waals surface area contributed by atoms with Gasteiger partial charge in [0.25, 0.3) is 11.8 Å². The fraction of sp³-hybridized carbons (Fsp3) is 0.455. The fourth-order valence-electron chi connectivity index (χ4n) is 4.17. The topological polar surface area (TPSA) is 85.9 Å². The Bertz CT molecular complexity index is 966. The molecular formula is C22H24N2O5S. The number of anilines is 1. The molecule has 1 aromatic heterocycles. The Balaban J connectivity index is 1.31. The van der Waals surface area contributed by atoms with Gasteiger partial charge in [-0.2, -0.15) is 0 Å². The van der Waals surface area contributed by atoms with E-state index in [1.807, 2.05) is 18.2 Å². The zero-order valence-electron chi connectivity index (χ0n) is 16.6. The molecule has 2 aliphatic heterocycles. The number of amides is 2. The van der Waals surface area contributed by atoms with Crippen molar-refractivity contribution in [3.63, 3.8) is 0 Å². The summed E-state index contributed by atoms with van der Waals surface area (Å²) in [6.45, 7) is 1.38. The molecule has 0 spiro atoms. The minimum Gasteiger partial charge on any atom is -0.485 e. The number of hydrogen-bond donors (Lipinski definition) is 2. The van der Waals surface area contributed by atoms with Gasteiger partial charge in [0.05, 0.1) is 11.7 Å². The Morgan fingerprint density at radius 3 is 2.83 bits per heavy atom. The molecule has 1 aromatic carbocycles. The maximum Gasteiger partial charge on any atom is 0.269 e. The summed E-state index contributed by atoms with van der Waals surface area (Å²) in [7, 11) is 0. The van der Waals surface area contributed by atoms with Crippen LogP contribution >= 0.6 is 11.3 Å². The Kier molecular flexibility index (Phi) is 5.35. The van der Waals surface area contributed by atoms with Gasteiger partial charge in [-0.1, -0.05) is 12.1 Å². The molecule has 1 aliphatic carbocycles. The molecule has 2 atom stereocenters. The van der Waals surface area contributed by atoms with Gasteiger partial charge in [-0.3, -0.25) is 9.59 Å². The van der Waals surface area contributed by atoms with E-state index in [4.69, 9.17) is 14.2 Å². The largest absolute Gasteiger partial charge is 0.485 e. The van der Waals surface area contributed by atoms with Crippen molar-refractivity contribution in [2.24, 2.45) is 0 Å². The highest BCUT2D eigenvalue weighted by Crippen LogP contribution is 2.39. The second-order valence-corrected chi connectivity index (χ2v) is 8.87. The molecule has 2 N–H and O–H groups in total. The molecule has 2 aromatic rings. The zero-order chi connectivity index (χ0) is 20.5. The summed E-state index contributed by atoms with van der Waals surface area (Å²) < 4.78 is 17.1. The fourth-order valence-corrected chi connectivity index (χ4v) is 5.46. The van der Waals surface area contributed by atoms with Crippen molar-refractivity contribution < 1.29 is 23.8 Å². The number of hydrogen-bond acceptors (Lipinski definition) is 6. The number of fused-ring (bicyclic) bond motifs is 2. The summed E-state index contributed by atoms with van der Waals surface area (Å²) >= 11 is 1.49. The zero-order valence-corrected chi connectivity index (χ0v) is 17.4. The van der Waals surface area contributed by atoms with E-state index < -0.39 is 6.10 Å². The highest BCUT2D eigenvalue weighted by molar-refractivity contribution is 7.17. The summed E-state index contributed by atoms with van der Waals surface area (Å²) in [5.41, 5.74) is 1.65. The molecule has 2 amide bonds. The summed E-state index contributed by atoms with van der Waals surface area (Å²) in [6.07, 6.45) is 4.15. The lowest BCUT2D eigenvalue weighted by Crippen LogP contribution is -2.40. The van der Waals surface area contributed by atoms with Gasteiger partial charge >= 0.3 is 0 Å². The Hall–Kier alpha value is -2.58. The first-order valence-corrected chi connectivity index (χ1v) is 11.2. The molecular weight excluding hydrogens is 404 g/mol. The number of thiophene rings is 1. The first-order chi connectivity index (χ1) is 14.7. The average Bonchev–Trinajstić information content (AvgIpc) is 3.49. The van der Waals surface area contributed by atoms with Gasteiger partial charge in [0.15, 0.2) is 11.5 Å². The third-order valence-electron chi connectivity index (χ3n) is 5.70. The maximum absolute atomic E-state index is 13.0. The second kappa shape index (κ2) is 8.28. The smallest absolute Gasteiger partial charge is 0.269 e. The van der Waals surface area contributed by atoms with Crippen molar-refractivity contribution in [1.29, 1.82) is 0 Å². The predicted molar refractivity (Wildman–Crippen MR) is 113 cm³/mol. The van der Waals surface area contributed by atoms with Crippen molar-refractivity contribution in [2.75, 3.05) is 25.1 Å². The average molecular weight is 429 g/mol. The van der Waals surface area contributed by atoms with Gasteiger partial charge in [-0.05, 0) is 49.8 Å². The maximum atomic E-state index is 13.0. The van der Waals surface area contributed by atoms with Crippen LogP contribution in [0, 0.1) is 0 Å². The van der Waals surface area contributed by atoms with Crippen LogP contribution in [0.4, 0.5) is 5.00 Å². The lowest BCUT2D eigenvalue weighted by atomic mass is 10.1. The van der Waals surface area contributed by atoms with Gasteiger partial charge in [0, 0.05) is 18.0 Å². The van der Waals surface area contributed by atoms with Crippen molar-refractivity contribution in [3.8, 4) is 11.5 Å². The second-order valence-electron chi connectivity index (χ2n) is 7.76. The standard InChI is InChI=1S/C22H24N2O5S/c25-20(17-12-28-15-7-1-2-8-16(15)29-17)24-22-19(14-6-3-9-18(14)30-22)21(26)23-11-13-5-4-10-27-13/h1-2,7-8,13,17H,3-6,9-12H2,(H,23,26)(H,24,25). The van der Waals surface area contributed by atoms with Gasteiger partial charge in [-0.25, -0.2) is 0 Å². The molecule has 0 saturated carbocycles. The molecule has 2 unspecified atom stereocenters. The number of carbonyl (C=O) groups is 2. The van der Waals surface area contributed by atoms with Crippen molar-refractivity contribution >= 4 is 28.2 Å². The van der Waals surface area contributed by atoms with E-state index in [1.54, 1.807) is 6.07 Å². The molecule has 1 fully saturated rings. The van der Waals surface area contributed by atoms with Gasteiger partial charge in [0.1, 0.15) is 11.6 Å². The molecule has 0 bridgehead atoms. The molecule has 7 nitrogen and oxygen atoms in total. The van der Waals surface area contributed by atoms with Gasteiger partial charge in [0.2, 0.25) is 6.10 Å². The molecule has 3 aliphatic rings. The number of carbonyl (C=O) groups excluding carboxylic acids is 2. The number of rotatable bonds is 5. The lowest BCUT2D eigenvalue weighted by molar-refractivity contribution is -0.125. The van der Waals surface area contributed by atoms with Gasteiger partial charge < -0.3 is 24.8 Å². The van der Waals surface area contributed by atoms with Crippen LogP contribution in [-0.4, -0.2) is 43.8 Å². The van der Waals surface area contributed by atoms with E-state index in [-0.39, 0.29) is 24.5 Å². The highest BCUT2D eigenvalue weighted by Gasteiger charge is 2.32. The Morgan fingerprint density at radius 1 is 1.13 bits per heavy atom. The number of para-hydroxylation sites is 2. The SMILES string of the molecule is O=C(NCC1CCCO1)c1c(NC(=O)C2COc3ccccc3O2)sc2c1CCC2. The molecule has 158 valence electrons. The van der Waals surface area contributed by atoms with Crippen LogP contribution in [0.5, 0.6) is 11.5 Å². The minimum absolute atomic E-state index is 0.0755. The van der Waals surface area contributed by atoms with Crippen LogP contribution in [-0.2, 0) is 22.4 Å². The van der Waals surface area contributed by atoms with Crippen LogP contribution < -0.4 is 20.1 Å². The number of aryl methyl sites for hydroxylation is 1. The van der Waals surface area contributed by atoms with Crippen molar-refractivity contribution in [3.05, 3.63) is 40.3 Å². The summed E-state index contributed by atoms with van der Waals surface area (Å²) in [4.78, 5) is 27.1. The van der Waals surface area contributed by atoms with Crippen molar-refractivity contribution in [1.82, 2.24) is 5.32 Å². The third-order valence-corrected chi connectivity index (χ3v) is 6.91. The van der Waals surface area contributed by atoms with Crippen LogP contribution in [0.25, 0.3) is 0 Å². The summed E-state index contributed by atoms with van der Waals surface area (Å²) in [6, 6.07) is 7.28. The number of ether oxygens (including phenoxy) is 3. The van der Waals surface area contributed by atoms with E-state index in [1.165, 1.54) is 16.2 Å². The molecule has 3 heterocycles. The van der Waals surface area contributed by atoms with Gasteiger partial charge in [-0.15, -0.1) is 11.3 Å². The molecule has 1 saturated heterocycles. The Morgan fingerprint density at radius 2 is 2.00 bits per heavy atom. The summed E-state index contributed by atoms with van der Waals surface area (Å²) in [5, 5.41) is 6.52. The first-order valence-electron chi connectivity index (χ1n) is 10.4. The van der Waals surface area contributed by atoms with E-state index in [2.05, 4.69) is 10.6 Å². The molecule has 5 rings (SSSR count). The van der Waals surface area contributed by atoms with E-state index >= 15 is 0 Å². The normalized spacial score (nSPS) is 21.9. The van der Waals surface area contributed by atoms with Crippen LogP contribution in [0.2, 0.25) is 0 Å². The highest BCUT2D eigenvalue weighted by atomic mass is 32.1.